The fraction of sp³-hybridized carbons (Fsp3) is 0.909. The Morgan fingerprint density at radius 1 is 1.43 bits per heavy atom. The Hall–Kier alpha value is -0.410. The van der Waals surface area contributed by atoms with Gasteiger partial charge in [-0.05, 0) is 46.4 Å². The Kier molecular flexibility index (Phi) is 4.55. The summed E-state index contributed by atoms with van der Waals surface area (Å²) in [4.78, 5) is 14.1. The highest BCUT2D eigenvalue weighted by Gasteiger charge is 2.27. The first kappa shape index (κ1) is 11.7. The van der Waals surface area contributed by atoms with E-state index in [9.17, 15) is 4.79 Å². The van der Waals surface area contributed by atoms with Crippen LogP contribution in [0.25, 0.3) is 0 Å². The van der Waals surface area contributed by atoms with Crippen LogP contribution in [-0.4, -0.2) is 43.9 Å². The fourth-order valence-electron chi connectivity index (χ4n) is 2.20. The van der Waals surface area contributed by atoms with Crippen LogP contribution in [0, 0.1) is 5.92 Å². The van der Waals surface area contributed by atoms with Crippen molar-refractivity contribution in [2.75, 3.05) is 27.2 Å². The smallest absolute Gasteiger partial charge is 0.153 e. The quantitative estimate of drug-likeness (QED) is 0.728. The number of carbonyl (C=O) groups excluding carboxylic acids is 1. The van der Waals surface area contributed by atoms with Gasteiger partial charge in [-0.2, -0.15) is 0 Å². The van der Waals surface area contributed by atoms with Crippen molar-refractivity contribution in [1.82, 2.24) is 10.2 Å². The molecule has 3 heteroatoms. The maximum absolute atomic E-state index is 12.1. The maximum atomic E-state index is 12.1. The zero-order valence-electron chi connectivity index (χ0n) is 9.55. The normalized spacial score (nSPS) is 21.1. The molecule has 14 heavy (non-hydrogen) atoms. The molecule has 1 aliphatic rings. The van der Waals surface area contributed by atoms with Crippen LogP contribution in [0.3, 0.4) is 0 Å². The van der Waals surface area contributed by atoms with Crippen LogP contribution >= 0.6 is 0 Å². The Labute approximate surface area is 86.9 Å². The number of hydrogen-bond acceptors (Lipinski definition) is 3. The molecular formula is C11H22N2O. The second-order valence-electron chi connectivity index (χ2n) is 4.31. The maximum Gasteiger partial charge on any atom is 0.153 e. The van der Waals surface area contributed by atoms with Crippen LogP contribution in [0.1, 0.15) is 26.2 Å². The number of nitrogens with zero attached hydrogens (tertiary/aromatic N) is 1. The molecule has 1 aliphatic heterocycles. The van der Waals surface area contributed by atoms with E-state index in [4.69, 9.17) is 0 Å². The fourth-order valence-corrected chi connectivity index (χ4v) is 2.20. The van der Waals surface area contributed by atoms with Gasteiger partial charge in [0.05, 0.1) is 6.04 Å². The van der Waals surface area contributed by atoms with E-state index in [-0.39, 0.29) is 6.04 Å². The first-order valence-corrected chi connectivity index (χ1v) is 5.57. The van der Waals surface area contributed by atoms with Gasteiger partial charge in [0.15, 0.2) is 5.78 Å². The lowest BCUT2D eigenvalue weighted by molar-refractivity contribution is -0.128. The van der Waals surface area contributed by atoms with Crippen molar-refractivity contribution in [1.29, 1.82) is 0 Å². The third kappa shape index (κ3) is 2.79. The van der Waals surface area contributed by atoms with E-state index >= 15 is 0 Å². The number of Topliss-reactive ketones (excluding diaryl/α,β-unsaturated/α-hetero) is 1. The standard InChI is InChI=1S/C11H22N2O/c1-4-10(13(2)3)11(14)9-5-7-12-8-6-9/h9-10,12H,4-8H2,1-3H3. The Bertz CT molecular complexity index is 186. The first-order chi connectivity index (χ1) is 6.66. The topological polar surface area (TPSA) is 32.3 Å². The summed E-state index contributed by atoms with van der Waals surface area (Å²) in [6.45, 7) is 4.09. The molecule has 0 aromatic carbocycles. The second kappa shape index (κ2) is 5.47. The Balaban J connectivity index is 2.52. The number of hydrogen-bond donors (Lipinski definition) is 1. The molecule has 1 unspecified atom stereocenters. The van der Waals surface area contributed by atoms with Gasteiger partial charge in [0, 0.05) is 5.92 Å². The van der Waals surface area contributed by atoms with Gasteiger partial charge in [0.2, 0.25) is 0 Å². The highest BCUT2D eigenvalue weighted by molar-refractivity contribution is 5.86. The molecule has 3 nitrogen and oxygen atoms in total. The molecule has 0 bridgehead atoms. The molecule has 1 N–H and O–H groups in total. The van der Waals surface area contributed by atoms with E-state index < -0.39 is 0 Å². The molecule has 82 valence electrons. The molecule has 1 fully saturated rings. The van der Waals surface area contributed by atoms with E-state index in [0.29, 0.717) is 11.7 Å². The van der Waals surface area contributed by atoms with Gasteiger partial charge in [-0.15, -0.1) is 0 Å². The largest absolute Gasteiger partial charge is 0.317 e. The highest BCUT2D eigenvalue weighted by Crippen LogP contribution is 2.17. The van der Waals surface area contributed by atoms with Crippen LogP contribution in [0.15, 0.2) is 0 Å². The zero-order chi connectivity index (χ0) is 10.6. The van der Waals surface area contributed by atoms with Crippen LogP contribution < -0.4 is 5.32 Å². The summed E-state index contributed by atoms with van der Waals surface area (Å²) in [6, 6.07) is 0.123. The predicted octanol–water partition coefficient (Wildman–Crippen LogP) is 0.895. The monoisotopic (exact) mass is 198 g/mol. The molecule has 0 aromatic rings. The van der Waals surface area contributed by atoms with Crippen molar-refractivity contribution in [2.24, 2.45) is 5.92 Å². The summed E-state index contributed by atoms with van der Waals surface area (Å²) in [5.41, 5.74) is 0. The summed E-state index contributed by atoms with van der Waals surface area (Å²) >= 11 is 0. The molecule has 0 aromatic heterocycles. The van der Waals surface area contributed by atoms with Gasteiger partial charge in [-0.25, -0.2) is 0 Å². The Morgan fingerprint density at radius 3 is 2.43 bits per heavy atom. The number of piperidine rings is 1. The minimum Gasteiger partial charge on any atom is -0.317 e. The molecule has 0 amide bonds. The van der Waals surface area contributed by atoms with E-state index in [1.54, 1.807) is 0 Å². The third-order valence-corrected chi connectivity index (χ3v) is 3.08. The van der Waals surface area contributed by atoms with E-state index in [1.165, 1.54) is 0 Å². The summed E-state index contributed by atoms with van der Waals surface area (Å²) in [5, 5.41) is 3.29. The van der Waals surface area contributed by atoms with Crippen LogP contribution in [-0.2, 0) is 4.79 Å². The average molecular weight is 198 g/mol. The average Bonchev–Trinajstić information content (AvgIpc) is 2.19. The van der Waals surface area contributed by atoms with Gasteiger partial charge in [-0.1, -0.05) is 6.92 Å². The van der Waals surface area contributed by atoms with E-state index in [1.807, 2.05) is 19.0 Å². The lowest BCUT2D eigenvalue weighted by Gasteiger charge is -2.28. The second-order valence-corrected chi connectivity index (χ2v) is 4.31. The van der Waals surface area contributed by atoms with Crippen molar-refractivity contribution in [2.45, 2.75) is 32.2 Å². The molecule has 1 heterocycles. The lowest BCUT2D eigenvalue weighted by Crippen LogP contribution is -2.42. The van der Waals surface area contributed by atoms with Crippen molar-refractivity contribution in [3.8, 4) is 0 Å². The molecule has 1 atom stereocenters. The molecular weight excluding hydrogens is 176 g/mol. The first-order valence-electron chi connectivity index (χ1n) is 5.57. The van der Waals surface area contributed by atoms with Gasteiger partial charge in [0.1, 0.15) is 0 Å². The van der Waals surface area contributed by atoms with Gasteiger partial charge in [0.25, 0.3) is 0 Å². The number of ketones is 1. The molecule has 1 saturated heterocycles. The van der Waals surface area contributed by atoms with Crippen LogP contribution in [0.2, 0.25) is 0 Å². The SMILES string of the molecule is CCC(C(=O)C1CCNCC1)N(C)C. The number of likely N-dealkylation sites (N-methyl/N-ethyl adjacent to an activating group) is 1. The molecule has 0 spiro atoms. The summed E-state index contributed by atoms with van der Waals surface area (Å²) in [7, 11) is 3.99. The summed E-state index contributed by atoms with van der Waals surface area (Å²) < 4.78 is 0. The lowest BCUT2D eigenvalue weighted by atomic mass is 9.88. The molecule has 0 aliphatic carbocycles. The minimum atomic E-state index is 0.123. The van der Waals surface area contributed by atoms with Crippen LogP contribution in [0.4, 0.5) is 0 Å². The van der Waals surface area contributed by atoms with Crippen molar-refractivity contribution >= 4 is 5.78 Å². The molecule has 0 saturated carbocycles. The molecule has 1 rings (SSSR count). The third-order valence-electron chi connectivity index (χ3n) is 3.08. The highest BCUT2D eigenvalue weighted by atomic mass is 16.1. The van der Waals surface area contributed by atoms with Crippen LogP contribution in [0.5, 0.6) is 0 Å². The minimum absolute atomic E-state index is 0.123. The zero-order valence-corrected chi connectivity index (χ0v) is 9.55. The van der Waals surface area contributed by atoms with Crippen molar-refractivity contribution in [3.63, 3.8) is 0 Å². The number of carbonyl (C=O) groups is 1. The number of nitrogens with one attached hydrogen (secondary N) is 1. The van der Waals surface area contributed by atoms with Crippen molar-refractivity contribution < 1.29 is 4.79 Å². The summed E-state index contributed by atoms with van der Waals surface area (Å²) in [6.07, 6.45) is 2.96. The van der Waals surface area contributed by atoms with Gasteiger partial charge in [-0.3, -0.25) is 9.69 Å². The van der Waals surface area contributed by atoms with E-state index in [0.717, 1.165) is 32.4 Å². The summed E-state index contributed by atoms with van der Waals surface area (Å²) in [5.74, 6) is 0.739. The Morgan fingerprint density at radius 2 is 2.00 bits per heavy atom. The van der Waals surface area contributed by atoms with E-state index in [2.05, 4.69) is 12.2 Å². The number of rotatable bonds is 4. The predicted molar refractivity (Wildman–Crippen MR) is 58.4 cm³/mol. The van der Waals surface area contributed by atoms with Gasteiger partial charge >= 0.3 is 0 Å². The molecule has 0 radical (unpaired) electrons. The van der Waals surface area contributed by atoms with Gasteiger partial charge < -0.3 is 5.32 Å². The van der Waals surface area contributed by atoms with Crippen molar-refractivity contribution in [3.05, 3.63) is 0 Å².